The van der Waals surface area contributed by atoms with Crippen LogP contribution in [0.5, 0.6) is 0 Å². The van der Waals surface area contributed by atoms with Gasteiger partial charge in [-0.25, -0.2) is 0 Å². The van der Waals surface area contributed by atoms with Crippen molar-refractivity contribution in [2.24, 2.45) is 0 Å². The van der Waals surface area contributed by atoms with Crippen molar-refractivity contribution in [1.82, 2.24) is 5.32 Å². The molecule has 0 bridgehead atoms. The lowest BCUT2D eigenvalue weighted by Crippen LogP contribution is -2.17. The zero-order valence-electron chi connectivity index (χ0n) is 13.3. The summed E-state index contributed by atoms with van der Waals surface area (Å²) in [6, 6.07) is 0. The van der Waals surface area contributed by atoms with E-state index in [9.17, 15) is 0 Å². The fourth-order valence-corrected chi connectivity index (χ4v) is 1.57. The smallest absolute Gasteiger partial charge is 0.0701 e. The van der Waals surface area contributed by atoms with E-state index in [4.69, 9.17) is 18.9 Å². The van der Waals surface area contributed by atoms with Gasteiger partial charge < -0.3 is 24.3 Å². The van der Waals surface area contributed by atoms with E-state index in [0.717, 1.165) is 26.2 Å². The van der Waals surface area contributed by atoms with Gasteiger partial charge in [-0.3, -0.25) is 0 Å². The fourth-order valence-electron chi connectivity index (χ4n) is 1.57. The summed E-state index contributed by atoms with van der Waals surface area (Å²) in [5, 5.41) is 3.02. The topological polar surface area (TPSA) is 49.0 Å². The van der Waals surface area contributed by atoms with Crippen LogP contribution in [0.25, 0.3) is 0 Å². The minimum Gasteiger partial charge on any atom is -0.379 e. The third kappa shape index (κ3) is 17.8. The van der Waals surface area contributed by atoms with Crippen LogP contribution in [-0.4, -0.2) is 66.4 Å². The molecule has 0 fully saturated rings. The Kier molecular flexibility index (Phi) is 18.6. The van der Waals surface area contributed by atoms with Gasteiger partial charge in [-0.05, 0) is 13.5 Å². The van der Waals surface area contributed by atoms with Crippen molar-refractivity contribution in [3.8, 4) is 0 Å². The lowest BCUT2D eigenvalue weighted by Gasteiger charge is -2.07. The van der Waals surface area contributed by atoms with Gasteiger partial charge in [-0.1, -0.05) is 26.2 Å². The Hall–Kier alpha value is -0.200. The summed E-state index contributed by atoms with van der Waals surface area (Å²) in [6.07, 6.45) is 4.99. The monoisotopic (exact) mass is 291 g/mol. The predicted molar refractivity (Wildman–Crippen MR) is 81.3 cm³/mol. The van der Waals surface area contributed by atoms with E-state index in [0.29, 0.717) is 39.6 Å². The molecule has 0 radical (unpaired) electrons. The van der Waals surface area contributed by atoms with Gasteiger partial charge in [0.15, 0.2) is 0 Å². The van der Waals surface area contributed by atoms with Gasteiger partial charge >= 0.3 is 0 Å². The molecule has 0 aliphatic heterocycles. The minimum atomic E-state index is 0.617. The lowest BCUT2D eigenvalue weighted by molar-refractivity contribution is -0.00169. The van der Waals surface area contributed by atoms with Gasteiger partial charge in [0, 0.05) is 13.2 Å². The molecule has 0 rings (SSSR count). The largest absolute Gasteiger partial charge is 0.379 e. The van der Waals surface area contributed by atoms with Crippen molar-refractivity contribution in [1.29, 1.82) is 0 Å². The van der Waals surface area contributed by atoms with Crippen LogP contribution < -0.4 is 5.32 Å². The van der Waals surface area contributed by atoms with Crippen LogP contribution in [0.1, 0.15) is 32.6 Å². The van der Waals surface area contributed by atoms with Gasteiger partial charge in [-0.15, -0.1) is 0 Å². The summed E-state index contributed by atoms with van der Waals surface area (Å²) in [7, 11) is 1.91. The minimum absolute atomic E-state index is 0.617. The van der Waals surface area contributed by atoms with Crippen molar-refractivity contribution >= 4 is 0 Å². The first kappa shape index (κ1) is 19.8. The molecule has 0 unspecified atom stereocenters. The summed E-state index contributed by atoms with van der Waals surface area (Å²) >= 11 is 0. The third-order valence-electron chi connectivity index (χ3n) is 2.75. The standard InChI is InChI=1S/C15H33NO4/c1-3-4-5-6-8-17-10-12-19-14-15-20-13-11-18-9-7-16-2/h16H,3-15H2,1-2H3. The van der Waals surface area contributed by atoms with Gasteiger partial charge in [0.25, 0.3) is 0 Å². The highest BCUT2D eigenvalue weighted by Crippen LogP contribution is 1.98. The van der Waals surface area contributed by atoms with E-state index in [2.05, 4.69) is 12.2 Å². The molecule has 0 aliphatic carbocycles. The molecule has 5 nitrogen and oxygen atoms in total. The molecule has 0 saturated carbocycles. The van der Waals surface area contributed by atoms with E-state index in [1.54, 1.807) is 0 Å². The first-order chi connectivity index (χ1) is 9.91. The summed E-state index contributed by atoms with van der Waals surface area (Å²) in [5.74, 6) is 0. The predicted octanol–water partition coefficient (Wildman–Crippen LogP) is 1.85. The van der Waals surface area contributed by atoms with Crippen molar-refractivity contribution in [2.75, 3.05) is 66.4 Å². The SMILES string of the molecule is CCCCCCOCCOCCOCCOCCNC. The molecule has 0 aromatic carbocycles. The number of rotatable bonds is 17. The molecule has 122 valence electrons. The highest BCUT2D eigenvalue weighted by molar-refractivity contribution is 4.40. The second-order valence-electron chi connectivity index (χ2n) is 4.61. The number of nitrogens with one attached hydrogen (secondary N) is 1. The van der Waals surface area contributed by atoms with Crippen LogP contribution in [0.15, 0.2) is 0 Å². The van der Waals surface area contributed by atoms with Gasteiger partial charge in [0.2, 0.25) is 0 Å². The molecule has 0 aliphatic rings. The van der Waals surface area contributed by atoms with E-state index in [1.807, 2.05) is 7.05 Å². The van der Waals surface area contributed by atoms with Gasteiger partial charge in [0.05, 0.1) is 46.2 Å². The molecular formula is C15H33NO4. The average molecular weight is 291 g/mol. The van der Waals surface area contributed by atoms with Crippen molar-refractivity contribution in [2.45, 2.75) is 32.6 Å². The summed E-state index contributed by atoms with van der Waals surface area (Å²) in [6.45, 7) is 8.50. The maximum absolute atomic E-state index is 5.47. The molecular weight excluding hydrogens is 258 g/mol. The van der Waals surface area contributed by atoms with E-state index in [1.165, 1.54) is 19.3 Å². The Morgan fingerprint density at radius 1 is 0.600 bits per heavy atom. The number of hydrogen-bond acceptors (Lipinski definition) is 5. The van der Waals surface area contributed by atoms with Crippen LogP contribution in [0.3, 0.4) is 0 Å². The van der Waals surface area contributed by atoms with Crippen LogP contribution >= 0.6 is 0 Å². The highest BCUT2D eigenvalue weighted by atomic mass is 16.6. The molecule has 0 amide bonds. The average Bonchev–Trinajstić information content (AvgIpc) is 2.47. The molecule has 0 saturated heterocycles. The first-order valence-electron chi connectivity index (χ1n) is 7.87. The normalized spacial score (nSPS) is 11.1. The fraction of sp³-hybridized carbons (Fsp3) is 1.00. The first-order valence-corrected chi connectivity index (χ1v) is 7.87. The molecule has 0 aromatic heterocycles. The van der Waals surface area contributed by atoms with E-state index >= 15 is 0 Å². The van der Waals surface area contributed by atoms with Crippen LogP contribution in [0, 0.1) is 0 Å². The number of hydrogen-bond donors (Lipinski definition) is 1. The van der Waals surface area contributed by atoms with Crippen LogP contribution in [0.2, 0.25) is 0 Å². The zero-order valence-corrected chi connectivity index (χ0v) is 13.3. The summed E-state index contributed by atoms with van der Waals surface area (Å²) in [4.78, 5) is 0. The Morgan fingerprint density at radius 2 is 1.10 bits per heavy atom. The maximum Gasteiger partial charge on any atom is 0.0701 e. The molecule has 0 heterocycles. The second-order valence-corrected chi connectivity index (χ2v) is 4.61. The number of unbranched alkanes of at least 4 members (excludes halogenated alkanes) is 3. The number of ether oxygens (including phenoxy) is 4. The second kappa shape index (κ2) is 18.8. The van der Waals surface area contributed by atoms with Gasteiger partial charge in [-0.2, -0.15) is 0 Å². The molecule has 5 heteroatoms. The Balaban J connectivity index is 2.89. The molecule has 0 atom stereocenters. The maximum atomic E-state index is 5.47. The quantitative estimate of drug-likeness (QED) is 0.415. The summed E-state index contributed by atoms with van der Waals surface area (Å²) in [5.41, 5.74) is 0. The molecule has 20 heavy (non-hydrogen) atoms. The van der Waals surface area contributed by atoms with E-state index < -0.39 is 0 Å². The van der Waals surface area contributed by atoms with Crippen molar-refractivity contribution < 1.29 is 18.9 Å². The van der Waals surface area contributed by atoms with Crippen molar-refractivity contribution in [3.05, 3.63) is 0 Å². The zero-order chi connectivity index (χ0) is 14.7. The number of likely N-dealkylation sites (N-methyl/N-ethyl adjacent to an activating group) is 1. The lowest BCUT2D eigenvalue weighted by atomic mass is 10.2. The summed E-state index contributed by atoms with van der Waals surface area (Å²) < 4.78 is 21.6. The van der Waals surface area contributed by atoms with Crippen molar-refractivity contribution in [3.63, 3.8) is 0 Å². The third-order valence-corrected chi connectivity index (χ3v) is 2.75. The van der Waals surface area contributed by atoms with E-state index in [-0.39, 0.29) is 0 Å². The Bertz CT molecular complexity index is 152. The Morgan fingerprint density at radius 3 is 1.60 bits per heavy atom. The van der Waals surface area contributed by atoms with Crippen LogP contribution in [-0.2, 0) is 18.9 Å². The Labute approximate surface area is 124 Å². The highest BCUT2D eigenvalue weighted by Gasteiger charge is 1.93. The van der Waals surface area contributed by atoms with Gasteiger partial charge in [0.1, 0.15) is 0 Å². The van der Waals surface area contributed by atoms with Crippen LogP contribution in [0.4, 0.5) is 0 Å². The molecule has 0 aromatic rings. The molecule has 0 spiro atoms. The molecule has 1 N–H and O–H groups in total.